The number of aliphatic hydroxyl groups is 1. The van der Waals surface area contributed by atoms with Crippen molar-refractivity contribution in [3.63, 3.8) is 0 Å². The van der Waals surface area contributed by atoms with E-state index < -0.39 is 17.7 Å². The number of pyridine rings is 1. The molecular weight excluding hydrogens is 452 g/mol. The summed E-state index contributed by atoms with van der Waals surface area (Å²) >= 11 is 0. The summed E-state index contributed by atoms with van der Waals surface area (Å²) in [6.45, 7) is 0.783. The van der Waals surface area contributed by atoms with Gasteiger partial charge in [0.25, 0.3) is 5.78 Å². The molecule has 178 valence electrons. The summed E-state index contributed by atoms with van der Waals surface area (Å²) in [4.78, 5) is 32.2. The lowest BCUT2D eigenvalue weighted by atomic mass is 9.94. The van der Waals surface area contributed by atoms with Gasteiger partial charge >= 0.3 is 5.91 Å². The maximum absolute atomic E-state index is 13.4. The molecule has 1 amide bonds. The predicted molar refractivity (Wildman–Crippen MR) is 126 cm³/mol. The highest BCUT2D eigenvalue weighted by atomic mass is 16.6. The minimum atomic E-state index is -1.02. The molecule has 3 aromatic rings. The smallest absolute Gasteiger partial charge is 0.301 e. The first-order chi connectivity index (χ1) is 17.0. The number of rotatable bonds is 5. The third kappa shape index (κ3) is 3.71. The minimum Gasteiger partial charge on any atom is -0.507 e. The lowest BCUT2D eigenvalue weighted by Crippen LogP contribution is -2.30. The molecule has 1 unspecified atom stereocenters. The van der Waals surface area contributed by atoms with Crippen molar-refractivity contribution in [1.82, 2.24) is 4.98 Å². The van der Waals surface area contributed by atoms with E-state index in [2.05, 4.69) is 4.98 Å². The predicted octanol–water partition coefficient (Wildman–Crippen LogP) is 3.50. The quantitative estimate of drug-likeness (QED) is 0.340. The highest BCUT2D eigenvalue weighted by Gasteiger charge is 2.48. The molecule has 2 aromatic carbocycles. The zero-order valence-corrected chi connectivity index (χ0v) is 19.1. The van der Waals surface area contributed by atoms with Crippen LogP contribution in [0.25, 0.3) is 5.76 Å². The van der Waals surface area contributed by atoms with Crippen LogP contribution >= 0.6 is 0 Å². The van der Waals surface area contributed by atoms with E-state index in [9.17, 15) is 14.7 Å². The van der Waals surface area contributed by atoms with E-state index in [0.717, 1.165) is 0 Å². The van der Waals surface area contributed by atoms with Crippen LogP contribution in [0, 0.1) is 0 Å². The number of benzene rings is 2. The molecule has 0 bridgehead atoms. The number of carbonyl (C=O) groups is 2. The number of aliphatic hydroxyl groups excluding tert-OH is 1. The van der Waals surface area contributed by atoms with Crippen LogP contribution in [0.5, 0.6) is 23.0 Å². The van der Waals surface area contributed by atoms with Crippen LogP contribution in [0.3, 0.4) is 0 Å². The molecule has 9 nitrogen and oxygen atoms in total. The second-order valence-electron chi connectivity index (χ2n) is 7.80. The minimum absolute atomic E-state index is 0.108. The molecule has 3 heterocycles. The van der Waals surface area contributed by atoms with E-state index in [1.807, 2.05) is 0 Å². The first-order valence-electron chi connectivity index (χ1n) is 10.9. The summed E-state index contributed by atoms with van der Waals surface area (Å²) in [6, 6.07) is 14.0. The van der Waals surface area contributed by atoms with Gasteiger partial charge in [0.15, 0.2) is 23.0 Å². The standard InChI is InChI=1S/C26H22N2O7/c1-32-18-7-5-6-16(25(18)33-2)22-21(24(30)26(31)28(22)20-8-3-4-11-27-20)23(29)15-9-10-17-19(14-15)35-13-12-34-17/h3-11,14,22,29H,12-13H2,1-2H3/b23-21+. The SMILES string of the molecule is COc1cccc(C2/C(=C(\O)c3ccc4c(c3)OCCO4)C(=O)C(=O)N2c2ccccn2)c1OC. The number of amides is 1. The largest absolute Gasteiger partial charge is 0.507 e. The maximum Gasteiger partial charge on any atom is 0.301 e. The average molecular weight is 474 g/mol. The molecular formula is C26H22N2O7. The Morgan fingerprint density at radius 1 is 1.00 bits per heavy atom. The fourth-order valence-corrected chi connectivity index (χ4v) is 4.33. The second-order valence-corrected chi connectivity index (χ2v) is 7.80. The molecule has 2 aliphatic heterocycles. The summed E-state index contributed by atoms with van der Waals surface area (Å²) < 4.78 is 22.2. The lowest BCUT2D eigenvalue weighted by Gasteiger charge is -2.26. The van der Waals surface area contributed by atoms with Gasteiger partial charge in [-0.3, -0.25) is 14.5 Å². The van der Waals surface area contributed by atoms with Gasteiger partial charge in [0, 0.05) is 17.3 Å². The molecule has 1 fully saturated rings. The number of aromatic nitrogens is 1. The summed E-state index contributed by atoms with van der Waals surface area (Å²) in [5.41, 5.74) is 0.653. The Morgan fingerprint density at radius 3 is 2.51 bits per heavy atom. The van der Waals surface area contributed by atoms with Crippen molar-refractivity contribution >= 4 is 23.3 Å². The molecule has 5 rings (SSSR count). The third-order valence-electron chi connectivity index (χ3n) is 5.88. The van der Waals surface area contributed by atoms with E-state index in [1.54, 1.807) is 54.6 Å². The molecule has 1 aromatic heterocycles. The zero-order chi connectivity index (χ0) is 24.5. The molecule has 0 radical (unpaired) electrons. The molecule has 1 atom stereocenters. The summed E-state index contributed by atoms with van der Waals surface area (Å²) in [5.74, 6) is -0.0516. The van der Waals surface area contributed by atoms with Crippen LogP contribution in [0.1, 0.15) is 17.2 Å². The Balaban J connectivity index is 1.75. The Hall–Kier alpha value is -4.53. The van der Waals surface area contributed by atoms with E-state index in [0.29, 0.717) is 47.3 Å². The van der Waals surface area contributed by atoms with Gasteiger partial charge in [0.05, 0.1) is 19.8 Å². The second kappa shape index (κ2) is 9.02. The van der Waals surface area contributed by atoms with Gasteiger partial charge in [-0.1, -0.05) is 18.2 Å². The fraction of sp³-hybridized carbons (Fsp3) is 0.192. The number of Topliss-reactive ketones (excluding diaryl/α,β-unsaturated/α-hetero) is 1. The highest BCUT2D eigenvalue weighted by Crippen LogP contribution is 2.47. The molecule has 9 heteroatoms. The van der Waals surface area contributed by atoms with Gasteiger partial charge in [0.1, 0.15) is 30.8 Å². The van der Waals surface area contributed by atoms with E-state index in [4.69, 9.17) is 18.9 Å². The van der Waals surface area contributed by atoms with Crippen molar-refractivity contribution in [3.05, 3.63) is 77.5 Å². The average Bonchev–Trinajstić information content (AvgIpc) is 3.17. The van der Waals surface area contributed by atoms with Crippen LogP contribution < -0.4 is 23.8 Å². The van der Waals surface area contributed by atoms with Crippen molar-refractivity contribution in [2.75, 3.05) is 32.3 Å². The van der Waals surface area contributed by atoms with Gasteiger partial charge in [-0.05, 0) is 36.4 Å². The molecule has 0 spiro atoms. The van der Waals surface area contributed by atoms with E-state index >= 15 is 0 Å². The molecule has 0 saturated carbocycles. The van der Waals surface area contributed by atoms with Gasteiger partial charge in [-0.2, -0.15) is 0 Å². The van der Waals surface area contributed by atoms with E-state index in [-0.39, 0.29) is 17.2 Å². The monoisotopic (exact) mass is 474 g/mol. The zero-order valence-electron chi connectivity index (χ0n) is 19.1. The number of carbonyl (C=O) groups excluding carboxylic acids is 2. The van der Waals surface area contributed by atoms with Crippen LogP contribution in [-0.2, 0) is 9.59 Å². The Bertz CT molecular complexity index is 1340. The first-order valence-corrected chi connectivity index (χ1v) is 10.9. The topological polar surface area (TPSA) is 107 Å². The van der Waals surface area contributed by atoms with Crippen LogP contribution in [-0.4, -0.2) is 49.2 Å². The van der Waals surface area contributed by atoms with Gasteiger partial charge in [0.2, 0.25) is 0 Å². The van der Waals surface area contributed by atoms with Gasteiger partial charge < -0.3 is 24.1 Å². The molecule has 1 saturated heterocycles. The van der Waals surface area contributed by atoms with E-state index in [1.165, 1.54) is 25.3 Å². The molecule has 0 aliphatic carbocycles. The highest BCUT2D eigenvalue weighted by molar-refractivity contribution is 6.51. The van der Waals surface area contributed by atoms with Crippen molar-refractivity contribution in [2.45, 2.75) is 6.04 Å². The van der Waals surface area contributed by atoms with Crippen molar-refractivity contribution < 1.29 is 33.6 Å². The summed E-state index contributed by atoms with van der Waals surface area (Å²) in [7, 11) is 2.96. The van der Waals surface area contributed by atoms with Crippen LogP contribution in [0.4, 0.5) is 5.82 Å². The fourth-order valence-electron chi connectivity index (χ4n) is 4.33. The number of nitrogens with zero attached hydrogens (tertiary/aromatic N) is 2. The van der Waals surface area contributed by atoms with Gasteiger partial charge in [-0.25, -0.2) is 4.98 Å². The number of ketones is 1. The van der Waals surface area contributed by atoms with Gasteiger partial charge in [-0.15, -0.1) is 0 Å². The molecule has 1 N–H and O–H groups in total. The first kappa shape index (κ1) is 22.3. The third-order valence-corrected chi connectivity index (χ3v) is 5.88. The number of hydrogen-bond donors (Lipinski definition) is 1. The van der Waals surface area contributed by atoms with Crippen molar-refractivity contribution in [1.29, 1.82) is 0 Å². The Labute approximate surface area is 201 Å². The number of hydrogen-bond acceptors (Lipinski definition) is 8. The molecule has 35 heavy (non-hydrogen) atoms. The number of anilines is 1. The van der Waals surface area contributed by atoms with Crippen LogP contribution in [0.15, 0.2) is 66.4 Å². The number of ether oxygens (including phenoxy) is 4. The number of para-hydroxylation sites is 1. The number of fused-ring (bicyclic) bond motifs is 1. The van der Waals surface area contributed by atoms with Crippen molar-refractivity contribution in [2.24, 2.45) is 0 Å². The maximum atomic E-state index is 13.4. The van der Waals surface area contributed by atoms with Crippen LogP contribution in [0.2, 0.25) is 0 Å². The number of methoxy groups -OCH3 is 2. The normalized spacial score (nSPS) is 18.5. The summed E-state index contributed by atoms with van der Waals surface area (Å²) in [6.07, 6.45) is 1.52. The Morgan fingerprint density at radius 2 is 1.80 bits per heavy atom. The van der Waals surface area contributed by atoms with Crippen molar-refractivity contribution in [3.8, 4) is 23.0 Å². The Kier molecular flexibility index (Phi) is 5.74. The summed E-state index contributed by atoms with van der Waals surface area (Å²) in [5, 5.41) is 11.4. The molecule has 2 aliphatic rings. The lowest BCUT2D eigenvalue weighted by molar-refractivity contribution is -0.132.